The van der Waals surface area contributed by atoms with E-state index in [1.54, 1.807) is 0 Å². The third kappa shape index (κ3) is 5.11. The van der Waals surface area contributed by atoms with Gasteiger partial charge in [0.05, 0.1) is 10.7 Å². The molecule has 1 aliphatic heterocycles. The van der Waals surface area contributed by atoms with Crippen LogP contribution in [0, 0.1) is 6.92 Å². The van der Waals surface area contributed by atoms with Gasteiger partial charge in [0.25, 0.3) is 0 Å². The lowest BCUT2D eigenvalue weighted by atomic mass is 10.2. The summed E-state index contributed by atoms with van der Waals surface area (Å²) in [5, 5.41) is 11.1. The maximum atomic E-state index is 10.3. The SMILES string of the molecule is Cc1cccc(OC[C@@H](O)CN2CCN(c3ccccc3Cl)CC2)c1. The summed E-state index contributed by atoms with van der Waals surface area (Å²) in [7, 11) is 0. The van der Waals surface area contributed by atoms with Gasteiger partial charge in [-0.1, -0.05) is 35.9 Å². The number of hydrogen-bond acceptors (Lipinski definition) is 4. The lowest BCUT2D eigenvalue weighted by Gasteiger charge is -2.37. The molecule has 1 heterocycles. The van der Waals surface area contributed by atoms with Crippen molar-refractivity contribution in [2.75, 3.05) is 44.2 Å². The number of hydrogen-bond donors (Lipinski definition) is 1. The minimum Gasteiger partial charge on any atom is -0.491 e. The van der Waals surface area contributed by atoms with E-state index in [0.29, 0.717) is 13.2 Å². The summed E-state index contributed by atoms with van der Waals surface area (Å²) in [6.45, 7) is 6.61. The second-order valence-electron chi connectivity index (χ2n) is 6.52. The van der Waals surface area contributed by atoms with Crippen LogP contribution >= 0.6 is 11.6 Å². The minimum absolute atomic E-state index is 0.314. The maximum absolute atomic E-state index is 10.3. The Kier molecular flexibility index (Phi) is 6.19. The summed E-state index contributed by atoms with van der Waals surface area (Å²) in [4.78, 5) is 4.58. The number of β-amino-alcohol motifs (C(OH)–C–C–N with tert-alkyl or cyclic N) is 1. The molecule has 1 atom stereocenters. The van der Waals surface area contributed by atoms with Crippen molar-refractivity contribution >= 4 is 17.3 Å². The number of aryl methyl sites for hydroxylation is 1. The molecule has 0 aromatic heterocycles. The van der Waals surface area contributed by atoms with Gasteiger partial charge in [-0.2, -0.15) is 0 Å². The molecule has 0 aliphatic carbocycles. The summed E-state index contributed by atoms with van der Waals surface area (Å²) in [6.07, 6.45) is -0.493. The van der Waals surface area contributed by atoms with E-state index in [1.807, 2.05) is 49.4 Å². The first-order chi connectivity index (χ1) is 12.1. The Morgan fingerprint density at radius 2 is 1.84 bits per heavy atom. The molecule has 0 bridgehead atoms. The number of piperazine rings is 1. The summed E-state index contributed by atoms with van der Waals surface area (Å²) in [6, 6.07) is 15.8. The van der Waals surface area contributed by atoms with Crippen molar-refractivity contribution < 1.29 is 9.84 Å². The zero-order valence-corrected chi connectivity index (χ0v) is 15.3. The van der Waals surface area contributed by atoms with E-state index in [2.05, 4.69) is 15.9 Å². The average molecular weight is 361 g/mol. The van der Waals surface area contributed by atoms with Crippen LogP contribution < -0.4 is 9.64 Å². The first-order valence-corrected chi connectivity index (χ1v) is 9.09. The van der Waals surface area contributed by atoms with E-state index >= 15 is 0 Å². The summed E-state index contributed by atoms with van der Waals surface area (Å²) < 4.78 is 5.69. The van der Waals surface area contributed by atoms with Gasteiger partial charge in [0.15, 0.2) is 0 Å². The first-order valence-electron chi connectivity index (χ1n) is 8.71. The van der Waals surface area contributed by atoms with Crippen molar-refractivity contribution in [2.24, 2.45) is 0 Å². The zero-order chi connectivity index (χ0) is 17.6. The standard InChI is InChI=1S/C20H25ClN2O2/c1-16-5-4-6-18(13-16)25-15-17(24)14-22-9-11-23(12-10-22)20-8-3-2-7-19(20)21/h2-8,13,17,24H,9-12,14-15H2,1H3/t17-/m0/s1. The van der Waals surface area contributed by atoms with Gasteiger partial charge in [0.1, 0.15) is 18.5 Å². The number of aliphatic hydroxyl groups is 1. The number of nitrogens with zero attached hydrogens (tertiary/aromatic N) is 2. The molecular weight excluding hydrogens is 336 g/mol. The van der Waals surface area contributed by atoms with Crippen LogP contribution in [0.4, 0.5) is 5.69 Å². The van der Waals surface area contributed by atoms with Crippen LogP contribution in [-0.2, 0) is 0 Å². The highest BCUT2D eigenvalue weighted by Crippen LogP contribution is 2.26. The fourth-order valence-corrected chi connectivity index (χ4v) is 3.38. The quantitative estimate of drug-likeness (QED) is 0.858. The van der Waals surface area contributed by atoms with E-state index in [0.717, 1.165) is 48.2 Å². The molecule has 0 radical (unpaired) electrons. The number of ether oxygens (including phenoxy) is 1. The molecular formula is C20H25ClN2O2. The summed E-state index contributed by atoms with van der Waals surface area (Å²) in [5.74, 6) is 0.808. The molecule has 1 N–H and O–H groups in total. The van der Waals surface area contributed by atoms with Crippen LogP contribution in [0.1, 0.15) is 5.56 Å². The highest BCUT2D eigenvalue weighted by atomic mass is 35.5. The van der Waals surface area contributed by atoms with E-state index in [4.69, 9.17) is 16.3 Å². The maximum Gasteiger partial charge on any atom is 0.119 e. The van der Waals surface area contributed by atoms with Crippen LogP contribution in [0.25, 0.3) is 0 Å². The van der Waals surface area contributed by atoms with Crippen LogP contribution in [0.15, 0.2) is 48.5 Å². The Bertz CT molecular complexity index is 687. The van der Waals surface area contributed by atoms with E-state index < -0.39 is 6.10 Å². The van der Waals surface area contributed by atoms with Crippen LogP contribution in [0.5, 0.6) is 5.75 Å². The summed E-state index contributed by atoms with van der Waals surface area (Å²) in [5.41, 5.74) is 2.25. The molecule has 1 aliphatic rings. The Morgan fingerprint density at radius 3 is 2.56 bits per heavy atom. The number of rotatable bonds is 6. The molecule has 0 unspecified atom stereocenters. The molecule has 4 nitrogen and oxygen atoms in total. The predicted molar refractivity (Wildman–Crippen MR) is 103 cm³/mol. The van der Waals surface area contributed by atoms with Crippen LogP contribution in [0.3, 0.4) is 0 Å². The third-order valence-corrected chi connectivity index (χ3v) is 4.79. The largest absolute Gasteiger partial charge is 0.491 e. The Hall–Kier alpha value is -1.75. The molecule has 1 fully saturated rings. The molecule has 0 spiro atoms. The van der Waals surface area contributed by atoms with Gasteiger partial charge in [-0.05, 0) is 36.8 Å². The number of aliphatic hydroxyl groups excluding tert-OH is 1. The second kappa shape index (κ2) is 8.56. The topological polar surface area (TPSA) is 35.9 Å². The highest BCUT2D eigenvalue weighted by Gasteiger charge is 2.20. The van der Waals surface area contributed by atoms with Gasteiger partial charge in [-0.3, -0.25) is 4.90 Å². The van der Waals surface area contributed by atoms with Gasteiger partial charge >= 0.3 is 0 Å². The molecule has 5 heteroatoms. The molecule has 2 aromatic rings. The van der Waals surface area contributed by atoms with E-state index in [9.17, 15) is 5.11 Å². The zero-order valence-electron chi connectivity index (χ0n) is 14.6. The lowest BCUT2D eigenvalue weighted by Crippen LogP contribution is -2.49. The predicted octanol–water partition coefficient (Wildman–Crippen LogP) is 3.21. The number of halogens is 1. The van der Waals surface area contributed by atoms with Crippen LogP contribution in [-0.4, -0.2) is 55.4 Å². The molecule has 134 valence electrons. The van der Waals surface area contributed by atoms with Crippen molar-refractivity contribution in [1.82, 2.24) is 4.90 Å². The van der Waals surface area contributed by atoms with Gasteiger partial charge in [0.2, 0.25) is 0 Å². The Balaban J connectivity index is 1.43. The normalized spacial score (nSPS) is 16.7. The minimum atomic E-state index is -0.493. The average Bonchev–Trinajstić information content (AvgIpc) is 2.61. The van der Waals surface area contributed by atoms with Gasteiger partial charge in [0, 0.05) is 32.7 Å². The van der Waals surface area contributed by atoms with Crippen molar-refractivity contribution in [3.8, 4) is 5.75 Å². The smallest absolute Gasteiger partial charge is 0.119 e. The fraction of sp³-hybridized carbons (Fsp3) is 0.400. The molecule has 1 saturated heterocycles. The number of anilines is 1. The first kappa shape index (κ1) is 18.1. The van der Waals surface area contributed by atoms with Crippen LogP contribution in [0.2, 0.25) is 5.02 Å². The summed E-state index contributed by atoms with van der Waals surface area (Å²) >= 11 is 6.28. The van der Waals surface area contributed by atoms with E-state index in [1.165, 1.54) is 0 Å². The number of benzene rings is 2. The molecule has 2 aromatic carbocycles. The van der Waals surface area contributed by atoms with Crippen molar-refractivity contribution in [2.45, 2.75) is 13.0 Å². The second-order valence-corrected chi connectivity index (χ2v) is 6.93. The van der Waals surface area contributed by atoms with Gasteiger partial charge in [-0.25, -0.2) is 0 Å². The Labute approximate surface area is 154 Å². The van der Waals surface area contributed by atoms with Gasteiger partial charge < -0.3 is 14.7 Å². The lowest BCUT2D eigenvalue weighted by molar-refractivity contribution is 0.0663. The third-order valence-electron chi connectivity index (χ3n) is 4.47. The highest BCUT2D eigenvalue weighted by molar-refractivity contribution is 6.33. The van der Waals surface area contributed by atoms with Crippen molar-refractivity contribution in [1.29, 1.82) is 0 Å². The molecule has 0 amide bonds. The fourth-order valence-electron chi connectivity index (χ4n) is 3.13. The van der Waals surface area contributed by atoms with Crippen molar-refractivity contribution in [3.63, 3.8) is 0 Å². The van der Waals surface area contributed by atoms with Gasteiger partial charge in [-0.15, -0.1) is 0 Å². The molecule has 3 rings (SSSR count). The molecule has 0 saturated carbocycles. The monoisotopic (exact) mass is 360 g/mol. The van der Waals surface area contributed by atoms with Crippen molar-refractivity contribution in [3.05, 3.63) is 59.1 Å². The number of para-hydroxylation sites is 1. The Morgan fingerprint density at radius 1 is 1.08 bits per heavy atom. The molecule has 25 heavy (non-hydrogen) atoms. The van der Waals surface area contributed by atoms with E-state index in [-0.39, 0.29) is 0 Å².